The average Bonchev–Trinajstić information content (AvgIpc) is 2.30. The quantitative estimate of drug-likeness (QED) is 0.689. The van der Waals surface area contributed by atoms with Gasteiger partial charge in [0, 0.05) is 8.95 Å². The van der Waals surface area contributed by atoms with E-state index in [0.29, 0.717) is 4.47 Å². The molecule has 2 rings (SSSR count). The summed E-state index contributed by atoms with van der Waals surface area (Å²) >= 11 is 10.0. The van der Waals surface area contributed by atoms with Gasteiger partial charge >= 0.3 is 0 Å². The van der Waals surface area contributed by atoms with Gasteiger partial charge in [-0.05, 0) is 57.4 Å². The van der Waals surface area contributed by atoms with Crippen molar-refractivity contribution in [2.75, 3.05) is 0 Å². The van der Waals surface area contributed by atoms with Crippen molar-refractivity contribution in [2.24, 2.45) is 5.73 Å². The summed E-state index contributed by atoms with van der Waals surface area (Å²) in [4.78, 5) is 0. The van der Waals surface area contributed by atoms with E-state index < -0.39 is 0 Å². The zero-order valence-corrected chi connectivity index (χ0v) is 13.9. The number of benzene rings is 2. The minimum atomic E-state index is -0.296. The predicted molar refractivity (Wildman–Crippen MR) is 82.0 cm³/mol. The van der Waals surface area contributed by atoms with Crippen molar-refractivity contribution in [3.05, 3.63) is 66.8 Å². The average molecular weight is 438 g/mol. The van der Waals surface area contributed by atoms with E-state index in [9.17, 15) is 4.39 Å². The van der Waals surface area contributed by atoms with Crippen molar-refractivity contribution >= 4 is 47.8 Å². The maximum Gasteiger partial charge on any atom is 0.137 e. The molecule has 2 aromatic carbocycles. The monoisotopic (exact) mass is 435 g/mol. The van der Waals surface area contributed by atoms with E-state index in [1.54, 1.807) is 12.1 Å². The molecule has 0 radical (unpaired) electrons. The van der Waals surface area contributed by atoms with Gasteiger partial charge in [0.25, 0.3) is 0 Å². The Morgan fingerprint density at radius 2 is 1.50 bits per heavy atom. The van der Waals surface area contributed by atoms with Gasteiger partial charge in [-0.25, -0.2) is 4.39 Å². The Morgan fingerprint density at radius 3 is 2.06 bits per heavy atom. The van der Waals surface area contributed by atoms with Gasteiger partial charge in [0.1, 0.15) is 5.82 Å². The lowest BCUT2D eigenvalue weighted by Crippen LogP contribution is -2.12. The molecule has 1 unspecified atom stereocenters. The van der Waals surface area contributed by atoms with Crippen LogP contribution in [0.1, 0.15) is 17.2 Å². The van der Waals surface area contributed by atoms with E-state index in [0.717, 1.165) is 20.1 Å². The van der Waals surface area contributed by atoms with Crippen molar-refractivity contribution in [2.45, 2.75) is 6.04 Å². The van der Waals surface area contributed by atoms with E-state index in [-0.39, 0.29) is 11.9 Å². The number of nitrogens with two attached hydrogens (primary N) is 1. The molecular weight excluding hydrogens is 429 g/mol. The van der Waals surface area contributed by atoms with E-state index in [4.69, 9.17) is 5.73 Å². The van der Waals surface area contributed by atoms with Crippen LogP contribution in [0.5, 0.6) is 0 Å². The topological polar surface area (TPSA) is 26.0 Å². The van der Waals surface area contributed by atoms with Gasteiger partial charge in [-0.2, -0.15) is 0 Å². The van der Waals surface area contributed by atoms with E-state index >= 15 is 0 Å². The molecule has 1 atom stereocenters. The summed E-state index contributed by atoms with van der Waals surface area (Å²) in [7, 11) is 0. The third-order valence-electron chi connectivity index (χ3n) is 2.55. The lowest BCUT2D eigenvalue weighted by Gasteiger charge is -2.14. The maximum atomic E-state index is 13.2. The molecule has 0 heterocycles. The Labute approximate surface area is 130 Å². The first-order valence-electron chi connectivity index (χ1n) is 5.14. The Hall–Kier alpha value is -0.230. The molecule has 0 bridgehead atoms. The Kier molecular flexibility index (Phi) is 4.59. The summed E-state index contributed by atoms with van der Waals surface area (Å²) in [6.07, 6.45) is 0. The number of halogens is 4. The van der Waals surface area contributed by atoms with Gasteiger partial charge in [-0.3, -0.25) is 0 Å². The van der Waals surface area contributed by atoms with E-state index in [1.807, 2.05) is 18.2 Å². The van der Waals surface area contributed by atoms with Crippen molar-refractivity contribution in [1.82, 2.24) is 0 Å². The highest BCUT2D eigenvalue weighted by molar-refractivity contribution is 9.11. The Morgan fingerprint density at radius 1 is 0.889 bits per heavy atom. The maximum absolute atomic E-state index is 13.2. The zero-order chi connectivity index (χ0) is 13.3. The van der Waals surface area contributed by atoms with Crippen LogP contribution >= 0.6 is 47.8 Å². The van der Waals surface area contributed by atoms with Crippen LogP contribution in [0.15, 0.2) is 49.8 Å². The fourth-order valence-electron chi connectivity index (χ4n) is 1.65. The fraction of sp³-hybridized carbons (Fsp3) is 0.0769. The molecule has 94 valence electrons. The second-order valence-electron chi connectivity index (χ2n) is 3.85. The molecule has 5 heteroatoms. The standard InChI is InChI=1S/C13H9Br3FN/c14-9-3-8(4-10(15)6-9)13(18)7-1-2-12(17)11(16)5-7/h1-6,13H,18H2. The van der Waals surface area contributed by atoms with Crippen LogP contribution in [0, 0.1) is 5.82 Å². The first-order valence-corrected chi connectivity index (χ1v) is 7.52. The summed E-state index contributed by atoms with van der Waals surface area (Å²) in [5, 5.41) is 0. The first kappa shape index (κ1) is 14.2. The molecule has 0 fully saturated rings. The highest BCUT2D eigenvalue weighted by Gasteiger charge is 2.12. The highest BCUT2D eigenvalue weighted by atomic mass is 79.9. The molecule has 0 aliphatic carbocycles. The smallest absolute Gasteiger partial charge is 0.137 e. The van der Waals surface area contributed by atoms with Gasteiger partial charge in [-0.15, -0.1) is 0 Å². The van der Waals surface area contributed by atoms with Gasteiger partial charge in [0.2, 0.25) is 0 Å². The normalized spacial score (nSPS) is 12.5. The summed E-state index contributed by atoms with van der Waals surface area (Å²) in [6.45, 7) is 0. The van der Waals surface area contributed by atoms with Crippen molar-refractivity contribution in [3.63, 3.8) is 0 Å². The molecule has 1 nitrogen and oxygen atoms in total. The third kappa shape index (κ3) is 3.20. The molecule has 0 aliphatic heterocycles. The van der Waals surface area contributed by atoms with Crippen LogP contribution in [0.3, 0.4) is 0 Å². The predicted octanol–water partition coefficient (Wildman–Crippen LogP) is 5.16. The van der Waals surface area contributed by atoms with Crippen LogP contribution in [0.25, 0.3) is 0 Å². The second-order valence-corrected chi connectivity index (χ2v) is 6.54. The summed E-state index contributed by atoms with van der Waals surface area (Å²) in [6, 6.07) is 10.4. The minimum absolute atomic E-state index is 0.290. The van der Waals surface area contributed by atoms with Crippen LogP contribution in [0.4, 0.5) is 4.39 Å². The Bertz CT molecular complexity index is 566. The second kappa shape index (κ2) is 5.82. The van der Waals surface area contributed by atoms with Crippen molar-refractivity contribution in [3.8, 4) is 0 Å². The van der Waals surface area contributed by atoms with Gasteiger partial charge in [-0.1, -0.05) is 37.9 Å². The number of hydrogen-bond acceptors (Lipinski definition) is 1. The first-order chi connectivity index (χ1) is 8.47. The molecule has 0 saturated heterocycles. The lowest BCUT2D eigenvalue weighted by atomic mass is 10.00. The molecule has 0 aliphatic rings. The third-order valence-corrected chi connectivity index (χ3v) is 4.07. The van der Waals surface area contributed by atoms with Gasteiger partial charge in [0.15, 0.2) is 0 Å². The molecular formula is C13H9Br3FN. The summed E-state index contributed by atoms with van der Waals surface area (Å²) in [5.41, 5.74) is 8.00. The van der Waals surface area contributed by atoms with Crippen molar-refractivity contribution in [1.29, 1.82) is 0 Å². The largest absolute Gasteiger partial charge is 0.320 e. The summed E-state index contributed by atoms with van der Waals surface area (Å²) < 4.78 is 15.5. The molecule has 0 amide bonds. The van der Waals surface area contributed by atoms with Gasteiger partial charge in [0.05, 0.1) is 10.5 Å². The molecule has 0 spiro atoms. The van der Waals surface area contributed by atoms with E-state index in [1.165, 1.54) is 6.07 Å². The molecule has 0 aromatic heterocycles. The zero-order valence-electron chi connectivity index (χ0n) is 9.13. The van der Waals surface area contributed by atoms with E-state index in [2.05, 4.69) is 47.8 Å². The minimum Gasteiger partial charge on any atom is -0.320 e. The Balaban J connectivity index is 2.40. The highest BCUT2D eigenvalue weighted by Crippen LogP contribution is 2.28. The number of hydrogen-bond donors (Lipinski definition) is 1. The number of rotatable bonds is 2. The van der Waals surface area contributed by atoms with Crippen LogP contribution < -0.4 is 5.73 Å². The molecule has 18 heavy (non-hydrogen) atoms. The van der Waals surface area contributed by atoms with Crippen LogP contribution in [0.2, 0.25) is 0 Å². The van der Waals surface area contributed by atoms with Gasteiger partial charge < -0.3 is 5.73 Å². The molecule has 2 N–H and O–H groups in total. The SMILES string of the molecule is NC(c1cc(Br)cc(Br)c1)c1ccc(F)c(Br)c1. The lowest BCUT2D eigenvalue weighted by molar-refractivity contribution is 0.619. The molecule has 0 saturated carbocycles. The summed E-state index contributed by atoms with van der Waals surface area (Å²) in [5.74, 6) is -0.290. The van der Waals surface area contributed by atoms with Crippen molar-refractivity contribution < 1.29 is 4.39 Å². The fourth-order valence-corrected chi connectivity index (χ4v) is 3.38. The molecule has 2 aromatic rings. The van der Waals surface area contributed by atoms with Crippen LogP contribution in [-0.2, 0) is 0 Å². The van der Waals surface area contributed by atoms with Crippen LogP contribution in [-0.4, -0.2) is 0 Å².